The molecule has 0 aromatic heterocycles. The SMILES string of the molecule is C=CNC[C@]1(C)CCCN1.C=N.[HH]. The minimum absolute atomic E-state index is 0. The summed E-state index contributed by atoms with van der Waals surface area (Å²) in [7, 11) is 0. The lowest BCUT2D eigenvalue weighted by Gasteiger charge is -2.23. The first-order valence-corrected chi connectivity index (χ1v) is 4.21. The first-order valence-electron chi connectivity index (χ1n) is 4.21. The van der Waals surface area contributed by atoms with Crippen molar-refractivity contribution >= 4 is 6.72 Å². The van der Waals surface area contributed by atoms with Crippen LogP contribution < -0.4 is 10.6 Å². The summed E-state index contributed by atoms with van der Waals surface area (Å²) in [6, 6.07) is 0. The molecule has 0 unspecified atom stereocenters. The van der Waals surface area contributed by atoms with Crippen molar-refractivity contribution in [3.63, 3.8) is 0 Å². The highest BCUT2D eigenvalue weighted by Crippen LogP contribution is 2.16. The highest BCUT2D eigenvalue weighted by molar-refractivity contribution is 5.15. The molecule has 0 aromatic carbocycles. The Bertz CT molecular complexity index is 133. The second-order valence-corrected chi connectivity index (χ2v) is 3.18. The van der Waals surface area contributed by atoms with E-state index in [1.807, 2.05) is 0 Å². The monoisotopic (exact) mass is 171 g/mol. The largest absolute Gasteiger partial charge is 0.390 e. The molecular weight excluding hydrogens is 150 g/mol. The molecule has 1 heterocycles. The Labute approximate surface area is 76.2 Å². The van der Waals surface area contributed by atoms with Crippen molar-refractivity contribution in [2.24, 2.45) is 0 Å². The molecule has 12 heavy (non-hydrogen) atoms. The van der Waals surface area contributed by atoms with Gasteiger partial charge in [-0.3, -0.25) is 0 Å². The Balaban J connectivity index is 0. The van der Waals surface area contributed by atoms with Gasteiger partial charge in [-0.2, -0.15) is 0 Å². The van der Waals surface area contributed by atoms with E-state index in [1.165, 1.54) is 12.8 Å². The fourth-order valence-corrected chi connectivity index (χ4v) is 1.41. The van der Waals surface area contributed by atoms with Crippen molar-refractivity contribution in [1.82, 2.24) is 10.6 Å². The zero-order valence-electron chi connectivity index (χ0n) is 7.82. The molecule has 1 atom stereocenters. The first-order chi connectivity index (χ1) is 5.77. The molecule has 0 amide bonds. The molecule has 1 rings (SSSR count). The smallest absolute Gasteiger partial charge is 0.0326 e. The normalized spacial score (nSPS) is 27.1. The molecule has 0 aromatic rings. The number of rotatable bonds is 3. The van der Waals surface area contributed by atoms with Gasteiger partial charge in [0.1, 0.15) is 0 Å². The van der Waals surface area contributed by atoms with Crippen LogP contribution >= 0.6 is 0 Å². The van der Waals surface area contributed by atoms with Crippen molar-refractivity contribution < 1.29 is 1.43 Å². The molecule has 72 valence electrons. The third-order valence-electron chi connectivity index (χ3n) is 2.09. The van der Waals surface area contributed by atoms with Gasteiger partial charge in [-0.05, 0) is 39.2 Å². The van der Waals surface area contributed by atoms with E-state index in [9.17, 15) is 0 Å². The first kappa shape index (κ1) is 11.2. The number of hydrogen-bond donors (Lipinski definition) is 3. The Kier molecular flexibility index (Phi) is 5.37. The molecule has 0 aliphatic carbocycles. The van der Waals surface area contributed by atoms with Crippen LogP contribution in [-0.4, -0.2) is 25.3 Å². The lowest BCUT2D eigenvalue weighted by molar-refractivity contribution is 0.405. The average Bonchev–Trinajstić information content (AvgIpc) is 2.53. The zero-order valence-corrected chi connectivity index (χ0v) is 7.82. The quantitative estimate of drug-likeness (QED) is 0.562. The number of nitrogens with one attached hydrogen (secondary N) is 3. The van der Waals surface area contributed by atoms with Crippen molar-refractivity contribution in [2.75, 3.05) is 13.1 Å². The molecule has 0 radical (unpaired) electrons. The summed E-state index contributed by atoms with van der Waals surface area (Å²) >= 11 is 0. The van der Waals surface area contributed by atoms with E-state index in [2.05, 4.69) is 30.9 Å². The van der Waals surface area contributed by atoms with Crippen LogP contribution in [0.2, 0.25) is 0 Å². The molecule has 0 spiro atoms. The van der Waals surface area contributed by atoms with E-state index in [-0.39, 0.29) is 1.43 Å². The van der Waals surface area contributed by atoms with E-state index in [0.29, 0.717) is 5.54 Å². The van der Waals surface area contributed by atoms with Crippen molar-refractivity contribution in [1.29, 1.82) is 5.41 Å². The molecule has 0 saturated carbocycles. The molecule has 1 saturated heterocycles. The summed E-state index contributed by atoms with van der Waals surface area (Å²) in [6.45, 7) is 10.5. The zero-order chi connectivity index (χ0) is 9.45. The molecule has 1 fully saturated rings. The summed E-state index contributed by atoms with van der Waals surface area (Å²) in [5.74, 6) is 0. The molecule has 3 N–H and O–H groups in total. The molecular formula is C9H21N3. The average molecular weight is 171 g/mol. The van der Waals surface area contributed by atoms with Crippen molar-refractivity contribution in [3.05, 3.63) is 12.8 Å². The summed E-state index contributed by atoms with van der Waals surface area (Å²) in [5, 5.41) is 12.1. The van der Waals surface area contributed by atoms with Crippen LogP contribution in [0.3, 0.4) is 0 Å². The molecule has 1 aliphatic heterocycles. The van der Waals surface area contributed by atoms with Gasteiger partial charge in [-0.25, -0.2) is 0 Å². The summed E-state index contributed by atoms with van der Waals surface area (Å²) in [5.41, 5.74) is 0.314. The van der Waals surface area contributed by atoms with Gasteiger partial charge in [0.25, 0.3) is 0 Å². The second-order valence-electron chi connectivity index (χ2n) is 3.18. The van der Waals surface area contributed by atoms with Crippen LogP contribution in [0.25, 0.3) is 0 Å². The maximum atomic E-state index is 5.50. The highest BCUT2D eigenvalue weighted by atomic mass is 15.0. The van der Waals surface area contributed by atoms with Crippen LogP contribution in [0.15, 0.2) is 12.8 Å². The molecule has 3 nitrogen and oxygen atoms in total. The predicted octanol–water partition coefficient (Wildman–Crippen LogP) is 1.37. The van der Waals surface area contributed by atoms with E-state index in [4.69, 9.17) is 5.41 Å². The maximum Gasteiger partial charge on any atom is 0.0326 e. The van der Waals surface area contributed by atoms with Gasteiger partial charge in [-0.15, -0.1) is 0 Å². The Morgan fingerprint density at radius 2 is 2.42 bits per heavy atom. The van der Waals surface area contributed by atoms with Gasteiger partial charge in [0.2, 0.25) is 0 Å². The second kappa shape index (κ2) is 5.77. The van der Waals surface area contributed by atoms with Crippen molar-refractivity contribution in [3.8, 4) is 0 Å². The summed E-state index contributed by atoms with van der Waals surface area (Å²) < 4.78 is 0. The van der Waals surface area contributed by atoms with Gasteiger partial charge < -0.3 is 16.0 Å². The third-order valence-corrected chi connectivity index (χ3v) is 2.09. The lowest BCUT2D eigenvalue weighted by Crippen LogP contribution is -2.44. The minimum Gasteiger partial charge on any atom is -0.390 e. The molecule has 1 aliphatic rings. The van der Waals surface area contributed by atoms with Gasteiger partial charge in [0, 0.05) is 13.5 Å². The topological polar surface area (TPSA) is 47.9 Å². The maximum absolute atomic E-state index is 5.50. The summed E-state index contributed by atoms with van der Waals surface area (Å²) in [6.07, 6.45) is 4.33. The van der Waals surface area contributed by atoms with Crippen LogP contribution in [0.5, 0.6) is 0 Å². The van der Waals surface area contributed by atoms with Gasteiger partial charge in [0.15, 0.2) is 0 Å². The Hall–Kier alpha value is -0.830. The van der Waals surface area contributed by atoms with Crippen molar-refractivity contribution in [2.45, 2.75) is 25.3 Å². The van der Waals surface area contributed by atoms with E-state index in [0.717, 1.165) is 13.1 Å². The van der Waals surface area contributed by atoms with Gasteiger partial charge in [0.05, 0.1) is 0 Å². The fraction of sp³-hybridized carbons (Fsp3) is 0.667. The van der Waals surface area contributed by atoms with Gasteiger partial charge in [-0.1, -0.05) is 6.58 Å². The van der Waals surface area contributed by atoms with Gasteiger partial charge >= 0.3 is 0 Å². The standard InChI is InChI=1S/C8H16N2.CH3N.H2/c1-3-9-7-8(2)5-4-6-10-8;1-2;/h3,9-10H,1,4-7H2,2H3;2H,1H2;1H/t8-;;/m0../s1. The third kappa shape index (κ3) is 3.53. The van der Waals surface area contributed by atoms with Crippen LogP contribution in [0, 0.1) is 5.41 Å². The van der Waals surface area contributed by atoms with Crippen LogP contribution in [-0.2, 0) is 0 Å². The lowest BCUT2D eigenvalue weighted by atomic mass is 10.0. The Morgan fingerprint density at radius 3 is 2.83 bits per heavy atom. The molecule has 3 heteroatoms. The predicted molar refractivity (Wildman–Crippen MR) is 55.8 cm³/mol. The minimum atomic E-state index is 0. The number of hydrogen-bond acceptors (Lipinski definition) is 3. The fourth-order valence-electron chi connectivity index (χ4n) is 1.41. The van der Waals surface area contributed by atoms with E-state index in [1.54, 1.807) is 6.20 Å². The van der Waals surface area contributed by atoms with Crippen LogP contribution in [0.1, 0.15) is 21.2 Å². The van der Waals surface area contributed by atoms with E-state index < -0.39 is 0 Å². The highest BCUT2D eigenvalue weighted by Gasteiger charge is 2.26. The van der Waals surface area contributed by atoms with E-state index >= 15 is 0 Å². The summed E-state index contributed by atoms with van der Waals surface area (Å²) in [4.78, 5) is 0. The van der Waals surface area contributed by atoms with Crippen LogP contribution in [0.4, 0.5) is 0 Å². The molecule has 0 bridgehead atoms. The Morgan fingerprint density at radius 1 is 1.75 bits per heavy atom.